The molecule has 0 bridgehead atoms. The van der Waals surface area contributed by atoms with Gasteiger partial charge in [-0.3, -0.25) is 27.9 Å². The Morgan fingerprint density at radius 2 is 1.09 bits per heavy atom. The zero-order valence-electron chi connectivity index (χ0n) is 37.8. The van der Waals surface area contributed by atoms with E-state index in [9.17, 15) is 36.0 Å². The number of anilines is 2. The van der Waals surface area contributed by atoms with Crippen LogP contribution in [0, 0.1) is 27.8 Å². The molecule has 4 heterocycles. The van der Waals surface area contributed by atoms with E-state index in [2.05, 4.69) is 99.1 Å². The highest BCUT2D eigenvalue weighted by atomic mass is 127. The first kappa shape index (κ1) is 51.7. The number of rotatable bonds is 14. The molecule has 21 heteroatoms. The number of aromatic nitrogens is 8. The molecule has 6 rings (SSSR count). The Morgan fingerprint density at radius 1 is 0.646 bits per heavy atom. The van der Waals surface area contributed by atoms with Crippen LogP contribution in [0.25, 0.3) is 22.3 Å². The summed E-state index contributed by atoms with van der Waals surface area (Å²) in [6.45, 7) is 6.21. The van der Waals surface area contributed by atoms with Crippen molar-refractivity contribution >= 4 is 76.0 Å². The molecule has 0 aliphatic heterocycles. The van der Waals surface area contributed by atoms with Crippen molar-refractivity contribution in [2.45, 2.75) is 75.8 Å². The van der Waals surface area contributed by atoms with Crippen molar-refractivity contribution in [1.82, 2.24) is 37.4 Å². The summed E-state index contributed by atoms with van der Waals surface area (Å²) in [6, 6.07) is 16.2. The summed E-state index contributed by atoms with van der Waals surface area (Å²) >= 11 is 2.33. The van der Waals surface area contributed by atoms with Crippen LogP contribution in [0.3, 0.4) is 0 Å². The Hall–Kier alpha value is -5.91. The molecular weight excluding hydrogens is 988 g/mol. The third-order valence-corrected chi connectivity index (χ3v) is 12.6. The first-order valence-corrected chi connectivity index (χ1v) is 25.5. The van der Waals surface area contributed by atoms with Gasteiger partial charge < -0.3 is 19.8 Å². The molecule has 0 atom stereocenters. The first-order valence-electron chi connectivity index (χ1n) is 20.7. The normalized spacial score (nSPS) is 11.2. The largest absolute Gasteiger partial charge is 0.385 e. The lowest BCUT2D eigenvalue weighted by molar-refractivity contribution is 0.585. The maximum absolute atomic E-state index is 12.7. The van der Waals surface area contributed by atoms with Crippen LogP contribution in [-0.2, 0) is 61.0 Å². The number of imidazole rings is 2. The van der Waals surface area contributed by atoms with Gasteiger partial charge in [0.05, 0.1) is 13.1 Å². The van der Waals surface area contributed by atoms with Gasteiger partial charge in [-0.25, -0.2) is 26.4 Å². The van der Waals surface area contributed by atoms with Crippen molar-refractivity contribution in [2.75, 3.05) is 36.2 Å². The molecule has 348 valence electrons. The third-order valence-electron chi connectivity index (χ3n) is 9.92. The molecule has 2 aromatic carbocycles. The van der Waals surface area contributed by atoms with Gasteiger partial charge in [-0.1, -0.05) is 69.4 Å². The van der Waals surface area contributed by atoms with Crippen LogP contribution in [0.15, 0.2) is 78.0 Å². The fourth-order valence-corrected chi connectivity index (χ4v) is 8.82. The van der Waals surface area contributed by atoms with E-state index in [1.54, 1.807) is 0 Å². The number of hydrogen-bond donors (Lipinski definition) is 2. The number of aryl methyl sites for hydroxylation is 2. The number of nitrogens with one attached hydrogen (secondary N) is 2. The van der Waals surface area contributed by atoms with E-state index in [1.807, 2.05) is 24.3 Å². The highest BCUT2D eigenvalue weighted by Gasteiger charge is 2.24. The molecule has 2 N–H and O–H groups in total. The summed E-state index contributed by atoms with van der Waals surface area (Å²) in [5, 5.41) is 6.21. The monoisotopic (exact) mass is 1040 g/mol. The van der Waals surface area contributed by atoms with E-state index < -0.39 is 42.2 Å². The van der Waals surface area contributed by atoms with E-state index in [4.69, 9.17) is 6.42 Å². The molecule has 18 nitrogen and oxygen atoms in total. The number of unbranched alkanes of at least 4 members (excludes halogenated alkanes) is 4. The van der Waals surface area contributed by atoms with E-state index in [0.717, 1.165) is 68.0 Å². The predicted molar refractivity (Wildman–Crippen MR) is 264 cm³/mol. The number of nitrogens with zero attached hydrogens (tertiary/aromatic N) is 8. The van der Waals surface area contributed by atoms with Crippen LogP contribution in [0.4, 0.5) is 11.4 Å². The van der Waals surface area contributed by atoms with Gasteiger partial charge in [0.15, 0.2) is 22.3 Å². The summed E-state index contributed by atoms with van der Waals surface area (Å²) in [4.78, 5) is 57.3. The summed E-state index contributed by atoms with van der Waals surface area (Å²) in [5.41, 5.74) is 0.526. The van der Waals surface area contributed by atoms with E-state index in [0.29, 0.717) is 0 Å². The van der Waals surface area contributed by atoms with Gasteiger partial charge in [0.2, 0.25) is 30.0 Å². The number of fused-ring (bicyclic) bond motifs is 2. The van der Waals surface area contributed by atoms with Gasteiger partial charge in [-0.2, -0.15) is 9.97 Å². The van der Waals surface area contributed by atoms with Crippen LogP contribution in [0.2, 0.25) is 0 Å². The zero-order valence-corrected chi connectivity index (χ0v) is 41.6. The second-order valence-corrected chi connectivity index (χ2v) is 20.2. The van der Waals surface area contributed by atoms with Crippen molar-refractivity contribution in [3.05, 3.63) is 99.3 Å². The van der Waals surface area contributed by atoms with Crippen molar-refractivity contribution in [2.24, 2.45) is 28.2 Å². The molecule has 4 aromatic heterocycles. The van der Waals surface area contributed by atoms with E-state index in [-0.39, 0.29) is 45.7 Å². The molecule has 65 heavy (non-hydrogen) atoms. The van der Waals surface area contributed by atoms with Gasteiger partial charge in [0, 0.05) is 74.3 Å². The van der Waals surface area contributed by atoms with Gasteiger partial charge in [-0.15, -0.1) is 6.42 Å². The van der Waals surface area contributed by atoms with Gasteiger partial charge in [-0.05, 0) is 71.8 Å². The first-order chi connectivity index (χ1) is 30.7. The third kappa shape index (κ3) is 12.9. The summed E-state index contributed by atoms with van der Waals surface area (Å²) < 4.78 is 55.1. The number of benzene rings is 2. The minimum Gasteiger partial charge on any atom is -0.385 e. The number of terminal acetylenes is 1. The fraction of sp³-hybridized carbons (Fsp3) is 0.409. The maximum atomic E-state index is 12.7. The van der Waals surface area contributed by atoms with Crippen LogP contribution in [-0.4, -0.2) is 79.8 Å². The van der Waals surface area contributed by atoms with E-state index in [1.165, 1.54) is 72.3 Å². The average molecular weight is 1040 g/mol. The molecule has 0 saturated heterocycles. The highest BCUT2D eigenvalue weighted by Crippen LogP contribution is 2.16. The van der Waals surface area contributed by atoms with Crippen LogP contribution in [0.1, 0.15) is 57.9 Å². The van der Waals surface area contributed by atoms with Gasteiger partial charge in [0.25, 0.3) is 11.1 Å². The Bertz CT molecular complexity index is 3270. The van der Waals surface area contributed by atoms with Crippen molar-refractivity contribution < 1.29 is 16.8 Å². The lowest BCUT2D eigenvalue weighted by atomic mass is 10.2. The molecule has 0 spiro atoms. The number of halogens is 1. The lowest BCUT2D eigenvalue weighted by Crippen LogP contribution is -2.38. The Morgan fingerprint density at radius 3 is 1.52 bits per heavy atom. The number of hydrogen-bond acceptors (Lipinski definition) is 12. The summed E-state index contributed by atoms with van der Waals surface area (Å²) in [5.74, 6) is 8.24. The van der Waals surface area contributed by atoms with Crippen molar-refractivity contribution in [3.63, 3.8) is 0 Å². The van der Waals surface area contributed by atoms with Crippen LogP contribution >= 0.6 is 22.6 Å². The quantitative estimate of drug-likeness (QED) is 0.0905. The smallest absolute Gasteiger partial charge is 0.333 e. The molecule has 0 amide bonds. The fourth-order valence-electron chi connectivity index (χ4n) is 6.60. The molecule has 0 saturated carbocycles. The van der Waals surface area contributed by atoms with Crippen molar-refractivity contribution in [1.29, 1.82) is 0 Å². The van der Waals surface area contributed by atoms with Gasteiger partial charge >= 0.3 is 11.4 Å². The second-order valence-electron chi connectivity index (χ2n) is 15.1. The Balaban J connectivity index is 0.000000238. The zero-order chi connectivity index (χ0) is 48.2. The maximum Gasteiger partial charge on any atom is 0.333 e. The molecule has 0 aliphatic carbocycles. The summed E-state index contributed by atoms with van der Waals surface area (Å²) in [6.07, 6.45) is 14.5. The Labute approximate surface area is 391 Å². The van der Waals surface area contributed by atoms with Crippen LogP contribution < -0.4 is 33.1 Å². The van der Waals surface area contributed by atoms with Gasteiger partial charge in [0.1, 0.15) is 0 Å². The minimum absolute atomic E-state index is 0.00154. The number of sulfone groups is 2. The topological polar surface area (TPSA) is 216 Å². The van der Waals surface area contributed by atoms with Crippen LogP contribution in [0.5, 0.6) is 0 Å². The molecule has 0 unspecified atom stereocenters. The average Bonchev–Trinajstić information content (AvgIpc) is 3.80. The molecule has 0 aliphatic rings. The highest BCUT2D eigenvalue weighted by molar-refractivity contribution is 14.1. The molecule has 6 aromatic rings. The molecular formula is C44H55IN10O8S2. The molecule has 0 fully saturated rings. The molecule has 0 radical (unpaired) electrons. The second kappa shape index (κ2) is 22.8. The standard InChI is InChI=1S/C22H27N5O4S.C11H16IN.C11H12N4O4S/c1-5-6-7-13-23-17-12-8-10-16(15-17)11-9-14-27-19-18(20(28)26(3)22(27)29)25(2)21(24-19)32(4,30)31;1-2-3-4-8-13-11-7-5-6-10(12)9-11;1-5-6-15-8-7(9(16)14(3)11(15)17)13(2)10(12-8)20(4,18)19/h8,10,12,15,23H,5-7,13-14H2,1-4H3;5-7,9,13H,2-4,8H2,1H3;1H,6H2,2-4H3. The van der Waals surface area contributed by atoms with Crippen molar-refractivity contribution in [3.8, 4) is 24.2 Å². The minimum atomic E-state index is -3.69. The Kier molecular flexibility index (Phi) is 18.2. The summed E-state index contributed by atoms with van der Waals surface area (Å²) in [7, 11) is -1.85. The SMILES string of the molecule is C#CCn1c(=O)n(C)c(=O)c2c1nc(S(C)(=O)=O)n2C.CCCCCNc1cccc(C#CCn2c(=O)n(C)c(=O)c3c2nc(S(C)(=O)=O)n3C)c1.CCCCCNc1cccc(I)c1. The predicted octanol–water partition coefficient (Wildman–Crippen LogP) is 3.85. The van der Waals surface area contributed by atoms with E-state index >= 15 is 0 Å². The lowest BCUT2D eigenvalue weighted by Gasteiger charge is -2.06.